The predicted molar refractivity (Wildman–Crippen MR) is 117 cm³/mol. The average molecular weight is 433 g/mol. The molecule has 0 aliphatic heterocycles. The Morgan fingerprint density at radius 1 is 1.13 bits per heavy atom. The lowest BCUT2D eigenvalue weighted by molar-refractivity contribution is -0.123. The lowest BCUT2D eigenvalue weighted by Crippen LogP contribution is -2.28. The molecule has 2 N–H and O–H groups in total. The molecule has 0 bridgehead atoms. The van der Waals surface area contributed by atoms with Gasteiger partial charge in [-0.05, 0) is 53.5 Å². The monoisotopic (exact) mass is 432 g/mol. The highest BCUT2D eigenvalue weighted by Crippen LogP contribution is 2.48. The van der Waals surface area contributed by atoms with Crippen LogP contribution in [0.4, 0.5) is 10.1 Å². The molecule has 0 saturated heterocycles. The van der Waals surface area contributed by atoms with Crippen LogP contribution in [-0.4, -0.2) is 20.6 Å². The number of anilines is 1. The molecule has 1 fully saturated rings. The molecule has 0 heterocycles. The number of hydrogen-bond donors (Lipinski definition) is 2. The summed E-state index contributed by atoms with van der Waals surface area (Å²) in [6, 6.07) is 12.3. The topological polar surface area (TPSA) is 75.3 Å². The van der Waals surface area contributed by atoms with E-state index in [0.29, 0.717) is 5.56 Å². The summed E-state index contributed by atoms with van der Waals surface area (Å²) >= 11 is 0. The normalized spacial score (nSPS) is 19.8. The van der Waals surface area contributed by atoms with E-state index in [9.17, 15) is 17.6 Å². The van der Waals surface area contributed by atoms with E-state index in [4.69, 9.17) is 0 Å². The van der Waals surface area contributed by atoms with Crippen LogP contribution in [0.2, 0.25) is 0 Å². The Kier molecular flexibility index (Phi) is 5.96. The van der Waals surface area contributed by atoms with E-state index in [1.165, 1.54) is 17.7 Å². The first-order valence-corrected chi connectivity index (χ1v) is 11.9. The molecular weight excluding hydrogens is 403 g/mol. The van der Waals surface area contributed by atoms with Gasteiger partial charge in [0, 0.05) is 5.92 Å². The average Bonchev–Trinajstić information content (AvgIpc) is 3.42. The zero-order chi connectivity index (χ0) is 22.3. The van der Waals surface area contributed by atoms with Crippen LogP contribution < -0.4 is 10.0 Å². The van der Waals surface area contributed by atoms with E-state index >= 15 is 0 Å². The third-order valence-electron chi connectivity index (χ3n) is 5.48. The summed E-state index contributed by atoms with van der Waals surface area (Å²) in [6.07, 6.45) is 1.77. The van der Waals surface area contributed by atoms with Crippen molar-refractivity contribution in [1.29, 1.82) is 0 Å². The number of nitrogens with one attached hydrogen (secondary N) is 2. The van der Waals surface area contributed by atoms with Crippen LogP contribution >= 0.6 is 0 Å². The van der Waals surface area contributed by atoms with Gasteiger partial charge in [-0.2, -0.15) is 0 Å². The Morgan fingerprint density at radius 3 is 2.30 bits per heavy atom. The molecule has 2 aromatic carbocycles. The molecule has 1 saturated carbocycles. The summed E-state index contributed by atoms with van der Waals surface area (Å²) in [5, 5.41) is 2.94. The number of sulfonamides is 1. The van der Waals surface area contributed by atoms with Gasteiger partial charge in [0.2, 0.25) is 15.9 Å². The van der Waals surface area contributed by atoms with Crippen molar-refractivity contribution in [3.8, 4) is 0 Å². The number of benzene rings is 2. The van der Waals surface area contributed by atoms with Gasteiger partial charge in [-0.1, -0.05) is 51.1 Å². The predicted octanol–water partition coefficient (Wildman–Crippen LogP) is 4.48. The van der Waals surface area contributed by atoms with Crippen LogP contribution in [0.1, 0.15) is 62.8 Å². The van der Waals surface area contributed by atoms with Crippen LogP contribution in [0.25, 0.3) is 0 Å². The SMILES string of the molecule is CC(NC(=O)C1CC1c1ccc(C(C)(C)C)cc1)c1ccc(NS(C)(=O)=O)c(F)c1. The summed E-state index contributed by atoms with van der Waals surface area (Å²) in [4.78, 5) is 12.6. The van der Waals surface area contributed by atoms with Crippen molar-refractivity contribution in [2.24, 2.45) is 5.92 Å². The van der Waals surface area contributed by atoms with E-state index in [1.807, 2.05) is 0 Å². The summed E-state index contributed by atoms with van der Waals surface area (Å²) in [6.45, 7) is 8.29. The van der Waals surface area contributed by atoms with Gasteiger partial charge in [0.1, 0.15) is 5.82 Å². The zero-order valence-electron chi connectivity index (χ0n) is 18.0. The number of amides is 1. The van der Waals surface area contributed by atoms with E-state index in [0.717, 1.165) is 18.2 Å². The van der Waals surface area contributed by atoms with Gasteiger partial charge in [-0.3, -0.25) is 9.52 Å². The molecule has 162 valence electrons. The zero-order valence-corrected chi connectivity index (χ0v) is 18.8. The number of halogens is 1. The molecule has 1 aliphatic rings. The summed E-state index contributed by atoms with van der Waals surface area (Å²) in [7, 11) is -3.56. The number of rotatable bonds is 6. The van der Waals surface area contributed by atoms with Gasteiger partial charge in [0.05, 0.1) is 18.0 Å². The first-order chi connectivity index (χ1) is 13.8. The molecule has 0 spiro atoms. The van der Waals surface area contributed by atoms with Crippen molar-refractivity contribution in [3.05, 3.63) is 65.0 Å². The fourth-order valence-electron chi connectivity index (χ4n) is 3.57. The highest BCUT2D eigenvalue weighted by atomic mass is 32.2. The standard InChI is InChI=1S/C23H29FN2O3S/c1-14(16-8-11-21(20(24)12-16)26-30(5,28)29)25-22(27)19-13-18(19)15-6-9-17(10-7-15)23(2,3)4/h6-12,14,18-19,26H,13H2,1-5H3,(H,25,27). The lowest BCUT2D eigenvalue weighted by atomic mass is 9.86. The van der Waals surface area contributed by atoms with Crippen LogP contribution in [0.15, 0.2) is 42.5 Å². The van der Waals surface area contributed by atoms with E-state index in [1.54, 1.807) is 13.0 Å². The van der Waals surface area contributed by atoms with Gasteiger partial charge in [-0.25, -0.2) is 12.8 Å². The third kappa shape index (κ3) is 5.39. The minimum absolute atomic E-state index is 0.0499. The van der Waals surface area contributed by atoms with Gasteiger partial charge in [0.25, 0.3) is 0 Å². The van der Waals surface area contributed by atoms with E-state index in [2.05, 4.69) is 55.1 Å². The molecule has 1 aliphatic carbocycles. The highest BCUT2D eigenvalue weighted by Gasteiger charge is 2.44. The molecule has 3 unspecified atom stereocenters. The quantitative estimate of drug-likeness (QED) is 0.707. The van der Waals surface area contributed by atoms with Crippen LogP contribution in [0, 0.1) is 11.7 Å². The van der Waals surface area contributed by atoms with Crippen LogP contribution in [-0.2, 0) is 20.2 Å². The van der Waals surface area contributed by atoms with Crippen molar-refractivity contribution in [3.63, 3.8) is 0 Å². The van der Waals surface area contributed by atoms with Gasteiger partial charge in [0.15, 0.2) is 0 Å². The molecule has 0 aromatic heterocycles. The third-order valence-corrected chi connectivity index (χ3v) is 6.07. The Hall–Kier alpha value is -2.41. The molecule has 7 heteroatoms. The second-order valence-corrected chi connectivity index (χ2v) is 10.9. The molecule has 5 nitrogen and oxygen atoms in total. The molecule has 30 heavy (non-hydrogen) atoms. The molecular formula is C23H29FN2O3S. The number of carbonyl (C=O) groups excluding carboxylic acids is 1. The maximum absolute atomic E-state index is 14.2. The Balaban J connectivity index is 1.61. The molecule has 3 rings (SSSR count). The minimum atomic E-state index is -3.56. The van der Waals surface area contributed by atoms with Gasteiger partial charge >= 0.3 is 0 Å². The van der Waals surface area contributed by atoms with Crippen molar-refractivity contribution in [2.45, 2.75) is 51.5 Å². The summed E-state index contributed by atoms with van der Waals surface area (Å²) in [5.74, 6) is -0.596. The lowest BCUT2D eigenvalue weighted by Gasteiger charge is -2.19. The van der Waals surface area contributed by atoms with E-state index in [-0.39, 0.29) is 34.9 Å². The van der Waals surface area contributed by atoms with E-state index < -0.39 is 15.8 Å². The van der Waals surface area contributed by atoms with Crippen LogP contribution in [0.3, 0.4) is 0 Å². The Bertz CT molecular complexity index is 1040. The molecule has 1 amide bonds. The second-order valence-electron chi connectivity index (χ2n) is 9.16. The largest absolute Gasteiger partial charge is 0.349 e. The number of carbonyl (C=O) groups is 1. The van der Waals surface area contributed by atoms with Crippen molar-refractivity contribution in [1.82, 2.24) is 5.32 Å². The second kappa shape index (κ2) is 8.02. The van der Waals surface area contributed by atoms with Crippen molar-refractivity contribution in [2.75, 3.05) is 11.0 Å². The maximum Gasteiger partial charge on any atom is 0.229 e. The Labute approximate surface area is 178 Å². The van der Waals surface area contributed by atoms with Gasteiger partial charge < -0.3 is 5.32 Å². The Morgan fingerprint density at radius 2 is 1.77 bits per heavy atom. The van der Waals surface area contributed by atoms with Crippen LogP contribution in [0.5, 0.6) is 0 Å². The summed E-state index contributed by atoms with van der Waals surface area (Å²) < 4.78 is 38.9. The molecule has 3 atom stereocenters. The molecule has 2 aromatic rings. The van der Waals surface area contributed by atoms with Gasteiger partial charge in [-0.15, -0.1) is 0 Å². The fourth-order valence-corrected chi connectivity index (χ4v) is 4.14. The highest BCUT2D eigenvalue weighted by molar-refractivity contribution is 7.92. The smallest absolute Gasteiger partial charge is 0.229 e. The first-order valence-electron chi connectivity index (χ1n) is 10.0. The van der Waals surface area contributed by atoms with Crippen molar-refractivity contribution < 1.29 is 17.6 Å². The number of hydrogen-bond acceptors (Lipinski definition) is 3. The van der Waals surface area contributed by atoms with Crippen molar-refractivity contribution >= 4 is 21.6 Å². The minimum Gasteiger partial charge on any atom is -0.349 e. The summed E-state index contributed by atoms with van der Waals surface area (Å²) in [5.41, 5.74) is 2.98. The first kappa shape index (κ1) is 22.3. The molecule has 0 radical (unpaired) electrons. The maximum atomic E-state index is 14.2. The fraction of sp³-hybridized carbons (Fsp3) is 0.435.